The maximum atomic E-state index is 15.5. The molecule has 2 aliphatic heterocycles. The number of amides is 2. The van der Waals surface area contributed by atoms with E-state index >= 15 is 4.39 Å². The molecule has 6 rings (SSSR count). The number of alkyl carbamates (subject to hydrolysis) is 1. The zero-order valence-corrected chi connectivity index (χ0v) is 32.0. The van der Waals surface area contributed by atoms with Gasteiger partial charge in [0.05, 0.1) is 34.0 Å². The van der Waals surface area contributed by atoms with Crippen LogP contribution in [-0.2, 0) is 33.8 Å². The third-order valence-electron chi connectivity index (χ3n) is 8.91. The molecule has 1 atom stereocenters. The van der Waals surface area contributed by atoms with Gasteiger partial charge in [0, 0.05) is 35.0 Å². The van der Waals surface area contributed by atoms with Crippen molar-refractivity contribution in [3.05, 3.63) is 51.3 Å². The number of anilines is 1. The van der Waals surface area contributed by atoms with Gasteiger partial charge in [0.25, 0.3) is 0 Å². The monoisotopic (exact) mass is 751 g/mol. The lowest BCUT2D eigenvalue weighted by atomic mass is 9.89. The maximum Gasteiger partial charge on any atom is 0.412 e. The molecule has 4 heterocycles. The van der Waals surface area contributed by atoms with Gasteiger partial charge in [-0.1, -0.05) is 17.7 Å². The highest BCUT2D eigenvalue weighted by Crippen LogP contribution is 2.49. The second kappa shape index (κ2) is 14.7. The van der Waals surface area contributed by atoms with Crippen LogP contribution >= 0.6 is 22.9 Å². The molecule has 52 heavy (non-hydrogen) atoms. The van der Waals surface area contributed by atoms with Crippen molar-refractivity contribution >= 4 is 61.1 Å². The normalized spacial score (nSPS) is 16.2. The molecule has 1 fully saturated rings. The fourth-order valence-corrected chi connectivity index (χ4v) is 8.12. The number of nitrogens with one attached hydrogen (secondary N) is 2. The lowest BCUT2D eigenvalue weighted by Crippen LogP contribution is -2.33. The average molecular weight is 752 g/mol. The quantitative estimate of drug-likeness (QED) is 0.181. The number of hydrogen-bond acceptors (Lipinski definition) is 10. The van der Waals surface area contributed by atoms with E-state index in [1.54, 1.807) is 47.6 Å². The van der Waals surface area contributed by atoms with Crippen LogP contribution in [-0.4, -0.2) is 66.1 Å². The molecule has 11 nitrogen and oxygen atoms in total. The number of ether oxygens (including phenoxy) is 4. The van der Waals surface area contributed by atoms with Gasteiger partial charge in [-0.2, -0.15) is 5.26 Å². The second-order valence-electron chi connectivity index (χ2n) is 15.1. The Bertz CT molecular complexity index is 2100. The van der Waals surface area contributed by atoms with Crippen molar-refractivity contribution < 1.29 is 32.9 Å². The molecule has 0 bridgehead atoms. The Balaban J connectivity index is 1.49. The van der Waals surface area contributed by atoms with E-state index in [2.05, 4.69) is 28.7 Å². The highest BCUT2D eigenvalue weighted by atomic mass is 35.5. The van der Waals surface area contributed by atoms with Crippen LogP contribution in [0.4, 0.5) is 19.0 Å². The number of aromatic nitrogens is 1. The molecule has 2 aliphatic rings. The summed E-state index contributed by atoms with van der Waals surface area (Å²) >= 11 is 8.33. The third-order valence-corrected chi connectivity index (χ3v) is 10.4. The molecule has 0 radical (unpaired) electrons. The molecule has 1 saturated heterocycles. The van der Waals surface area contributed by atoms with E-state index in [0.29, 0.717) is 40.9 Å². The molecule has 0 spiro atoms. The Morgan fingerprint density at radius 2 is 1.83 bits per heavy atom. The number of nitrogens with zero attached hydrogens (tertiary/aromatic N) is 3. The van der Waals surface area contributed by atoms with E-state index in [-0.39, 0.29) is 46.1 Å². The summed E-state index contributed by atoms with van der Waals surface area (Å²) in [5, 5.41) is 17.4. The highest BCUT2D eigenvalue weighted by Gasteiger charge is 2.31. The Labute approximate surface area is 311 Å². The predicted octanol–water partition coefficient (Wildman–Crippen LogP) is 8.70. The van der Waals surface area contributed by atoms with Crippen LogP contribution in [0.1, 0.15) is 76.6 Å². The molecule has 4 aromatic rings. The number of likely N-dealkylation sites (N-methyl/N-ethyl adjacent to an activating group) is 1. The molecule has 2 N–H and O–H groups in total. The zero-order chi connectivity index (χ0) is 37.5. The van der Waals surface area contributed by atoms with Crippen molar-refractivity contribution in [3.8, 4) is 23.1 Å². The molecule has 14 heteroatoms. The lowest BCUT2D eigenvalue weighted by Gasteiger charge is -2.22. The Kier molecular flexibility index (Phi) is 10.6. The lowest BCUT2D eigenvalue weighted by molar-refractivity contribution is 0.0527. The summed E-state index contributed by atoms with van der Waals surface area (Å²) in [6, 6.07) is 7.23. The number of likely N-dealkylation sites (tertiary alicyclic amines) is 1. The summed E-state index contributed by atoms with van der Waals surface area (Å²) in [5.74, 6) is -0.166. The smallest absolute Gasteiger partial charge is 0.412 e. The van der Waals surface area contributed by atoms with E-state index in [0.717, 1.165) is 52.8 Å². The van der Waals surface area contributed by atoms with Crippen LogP contribution in [0.2, 0.25) is 5.02 Å². The number of nitriles is 1. The van der Waals surface area contributed by atoms with Crippen LogP contribution in [0, 0.1) is 17.1 Å². The molecule has 2 amide bonds. The molecular formula is C38H43ClFN5O6S. The predicted molar refractivity (Wildman–Crippen MR) is 200 cm³/mol. The SMILES string of the molecule is CN1CCC[C@H]1COc1cc(CCNC(=O)OC(C)(C)C)c2c3c(c(-c4ccc(F)c5sc(NC(=O)OC(C)(C)C)c(C#N)c45)c(Cl)c2n1)COC3. The van der Waals surface area contributed by atoms with Crippen LogP contribution in [0.3, 0.4) is 0 Å². The topological polar surface area (TPSA) is 135 Å². The van der Waals surface area contributed by atoms with Crippen molar-refractivity contribution in [1.29, 1.82) is 5.26 Å². The summed E-state index contributed by atoms with van der Waals surface area (Å²) < 4.78 is 38.9. The zero-order valence-electron chi connectivity index (χ0n) is 30.4. The van der Waals surface area contributed by atoms with E-state index in [1.165, 1.54) is 6.07 Å². The molecule has 2 aromatic carbocycles. The van der Waals surface area contributed by atoms with Gasteiger partial charge in [-0.15, -0.1) is 11.3 Å². The van der Waals surface area contributed by atoms with Gasteiger partial charge in [-0.25, -0.2) is 19.0 Å². The Hall–Kier alpha value is -4.22. The molecule has 0 aliphatic carbocycles. The minimum atomic E-state index is -0.781. The van der Waals surface area contributed by atoms with Gasteiger partial charge in [0.15, 0.2) is 0 Å². The van der Waals surface area contributed by atoms with Crippen LogP contribution < -0.4 is 15.4 Å². The Morgan fingerprint density at radius 3 is 2.50 bits per heavy atom. The van der Waals surface area contributed by atoms with Gasteiger partial charge < -0.3 is 29.2 Å². The fourth-order valence-electron chi connectivity index (χ4n) is 6.70. The van der Waals surface area contributed by atoms with Crippen molar-refractivity contribution in [3.63, 3.8) is 0 Å². The first-order valence-corrected chi connectivity index (χ1v) is 18.4. The van der Waals surface area contributed by atoms with E-state index < -0.39 is 29.2 Å². The van der Waals surface area contributed by atoms with Crippen LogP contribution in [0.25, 0.3) is 32.1 Å². The molecule has 0 saturated carbocycles. The molecule has 276 valence electrons. The fraction of sp³-hybridized carbons (Fsp3) is 0.474. The third kappa shape index (κ3) is 7.90. The van der Waals surface area contributed by atoms with Crippen molar-refractivity contribution in [2.24, 2.45) is 0 Å². The Morgan fingerprint density at radius 1 is 1.12 bits per heavy atom. The van der Waals surface area contributed by atoms with Gasteiger partial charge in [0.1, 0.15) is 34.7 Å². The molecule has 0 unspecified atom stereocenters. The maximum absolute atomic E-state index is 15.5. The highest BCUT2D eigenvalue weighted by molar-refractivity contribution is 7.23. The number of rotatable bonds is 8. The summed E-state index contributed by atoms with van der Waals surface area (Å²) in [4.78, 5) is 32.5. The van der Waals surface area contributed by atoms with Crippen molar-refractivity contribution in [2.45, 2.75) is 91.3 Å². The second-order valence-corrected chi connectivity index (χ2v) is 16.5. The number of carbonyl (C=O) groups is 2. The summed E-state index contributed by atoms with van der Waals surface area (Å²) in [5.41, 5.74) is 2.68. The summed E-state index contributed by atoms with van der Waals surface area (Å²) in [6.07, 6.45) is 1.24. The number of pyridine rings is 1. The standard InChI is InChI=1S/C38H43ClFN5O6S/c1-37(2,3)50-35(46)42-13-12-20-15-27(49-17-21-9-8-14-45(21)7)43-32-28(20)24-18-48-19-25(24)29(31(32)39)22-10-11-26(40)33-30(22)23(16-41)34(52-33)44-36(47)51-38(4,5)6/h10-11,15,21H,8-9,12-14,17-19H2,1-7H3,(H,42,46)(H,44,47)/t21-/m0/s1. The van der Waals surface area contributed by atoms with Gasteiger partial charge >= 0.3 is 12.2 Å². The van der Waals surface area contributed by atoms with Gasteiger partial charge in [-0.3, -0.25) is 5.32 Å². The number of halogens is 2. The van der Waals surface area contributed by atoms with Crippen molar-refractivity contribution in [1.82, 2.24) is 15.2 Å². The van der Waals surface area contributed by atoms with Crippen LogP contribution in [0.15, 0.2) is 18.2 Å². The first-order chi connectivity index (χ1) is 24.5. The number of fused-ring (bicyclic) bond motifs is 4. The summed E-state index contributed by atoms with van der Waals surface area (Å²) in [6.45, 7) is 12.8. The minimum Gasteiger partial charge on any atom is -0.476 e. The van der Waals surface area contributed by atoms with E-state index in [4.69, 9.17) is 35.5 Å². The first-order valence-electron chi connectivity index (χ1n) is 17.2. The van der Waals surface area contributed by atoms with Gasteiger partial charge in [0.2, 0.25) is 5.88 Å². The van der Waals surface area contributed by atoms with Gasteiger partial charge in [-0.05, 0) is 103 Å². The molecule has 2 aromatic heterocycles. The number of thiophene rings is 1. The largest absolute Gasteiger partial charge is 0.476 e. The number of carbonyl (C=O) groups excluding carboxylic acids is 2. The van der Waals surface area contributed by atoms with E-state index in [1.807, 2.05) is 6.07 Å². The summed E-state index contributed by atoms with van der Waals surface area (Å²) in [7, 11) is 2.08. The first kappa shape index (κ1) is 37.5. The van der Waals surface area contributed by atoms with E-state index in [9.17, 15) is 14.9 Å². The van der Waals surface area contributed by atoms with Crippen molar-refractivity contribution in [2.75, 3.05) is 32.1 Å². The van der Waals surface area contributed by atoms with Crippen LogP contribution in [0.5, 0.6) is 5.88 Å². The minimum absolute atomic E-state index is 0.0869. The molecular weight excluding hydrogens is 709 g/mol. The number of benzene rings is 2. The average Bonchev–Trinajstić information content (AvgIpc) is 3.78. The number of hydrogen-bond donors (Lipinski definition) is 2.